The molecule has 0 spiro atoms. The van der Waals surface area contributed by atoms with E-state index >= 15 is 0 Å². The first-order valence-electron chi connectivity index (χ1n) is 9.91. The smallest absolute Gasteiger partial charge is 0.366 e. The van der Waals surface area contributed by atoms with E-state index in [1.54, 1.807) is 0 Å². The molecular formula is C20H35NO7Si. The van der Waals surface area contributed by atoms with Crippen molar-refractivity contribution in [2.24, 2.45) is 0 Å². The lowest BCUT2D eigenvalue weighted by Gasteiger charge is -2.50. The summed E-state index contributed by atoms with van der Waals surface area (Å²) in [6, 6.07) is -0.512. The number of rotatable bonds is 6. The molecule has 1 amide bonds. The molecule has 2 heterocycles. The van der Waals surface area contributed by atoms with Gasteiger partial charge in [0.2, 0.25) is 5.91 Å². The minimum Gasteiger partial charge on any atom is -0.465 e. The lowest BCUT2D eigenvalue weighted by atomic mass is 9.90. The van der Waals surface area contributed by atoms with Gasteiger partial charge in [0.1, 0.15) is 12.2 Å². The first-order valence-corrected chi connectivity index (χ1v) is 12.8. The number of carbonyl (C=O) groups is 2. The van der Waals surface area contributed by atoms with Crippen molar-refractivity contribution in [2.75, 3.05) is 20.8 Å². The molecule has 0 aromatic carbocycles. The lowest BCUT2D eigenvalue weighted by molar-refractivity contribution is -0.296. The molecule has 5 atom stereocenters. The molecule has 1 N–H and O–H groups in total. The molecule has 0 saturated carbocycles. The van der Waals surface area contributed by atoms with Crippen molar-refractivity contribution in [2.45, 2.75) is 82.4 Å². The highest BCUT2D eigenvalue weighted by molar-refractivity contribution is 6.74. The van der Waals surface area contributed by atoms with Crippen LogP contribution >= 0.6 is 0 Å². The highest BCUT2D eigenvalue weighted by Gasteiger charge is 2.57. The number of methoxy groups -OCH3 is 2. The summed E-state index contributed by atoms with van der Waals surface area (Å²) in [7, 11) is 0.445. The fourth-order valence-electron chi connectivity index (χ4n) is 3.41. The summed E-state index contributed by atoms with van der Waals surface area (Å²) in [5, 5.41) is 2.90. The fraction of sp³-hybridized carbons (Fsp3) is 0.800. The molecule has 2 aliphatic rings. The van der Waals surface area contributed by atoms with Gasteiger partial charge in [-0.1, -0.05) is 32.9 Å². The zero-order valence-electron chi connectivity index (χ0n) is 18.7. The average molecular weight is 430 g/mol. The van der Waals surface area contributed by atoms with Gasteiger partial charge >= 0.3 is 5.97 Å². The second-order valence-electron chi connectivity index (χ2n) is 9.10. The third kappa shape index (κ3) is 5.08. The van der Waals surface area contributed by atoms with E-state index in [1.807, 2.05) is 12.2 Å². The minimum atomic E-state index is -2.25. The van der Waals surface area contributed by atoms with Gasteiger partial charge in [0.15, 0.2) is 8.32 Å². The van der Waals surface area contributed by atoms with Crippen LogP contribution in [0.2, 0.25) is 18.1 Å². The van der Waals surface area contributed by atoms with Crippen LogP contribution in [-0.4, -0.2) is 71.2 Å². The van der Waals surface area contributed by atoms with Crippen molar-refractivity contribution in [3.63, 3.8) is 0 Å². The van der Waals surface area contributed by atoms with Crippen molar-refractivity contribution >= 4 is 20.2 Å². The zero-order valence-corrected chi connectivity index (χ0v) is 19.7. The van der Waals surface area contributed by atoms with Crippen molar-refractivity contribution < 1.29 is 33.0 Å². The van der Waals surface area contributed by atoms with E-state index in [2.05, 4.69) is 39.2 Å². The summed E-state index contributed by atoms with van der Waals surface area (Å²) in [5.41, 5.74) is 0. The molecule has 0 aliphatic carbocycles. The molecule has 0 aromatic heterocycles. The van der Waals surface area contributed by atoms with Crippen LogP contribution in [0.15, 0.2) is 12.2 Å². The molecule has 29 heavy (non-hydrogen) atoms. The van der Waals surface area contributed by atoms with Crippen LogP contribution in [-0.2, 0) is 33.0 Å². The maximum absolute atomic E-state index is 12.7. The summed E-state index contributed by atoms with van der Waals surface area (Å²) in [6.45, 7) is 12.5. The predicted molar refractivity (Wildman–Crippen MR) is 110 cm³/mol. The SMILES string of the molecule is COC(=O)[C@]1(OC)C[C@H](O[Si](C)(C)C(C)(C)C)[C@@H](NC(C)=O)[C@H]([C@H]2C=CCO2)O1. The molecule has 0 bridgehead atoms. The molecule has 2 aliphatic heterocycles. The van der Waals surface area contributed by atoms with Crippen molar-refractivity contribution in [1.29, 1.82) is 0 Å². The topological polar surface area (TPSA) is 92.3 Å². The van der Waals surface area contributed by atoms with E-state index in [0.29, 0.717) is 6.61 Å². The third-order valence-corrected chi connectivity index (χ3v) is 10.5. The Morgan fingerprint density at radius 1 is 1.24 bits per heavy atom. The van der Waals surface area contributed by atoms with E-state index in [1.165, 1.54) is 21.1 Å². The molecule has 2 rings (SSSR count). The Hall–Kier alpha value is -1.26. The van der Waals surface area contributed by atoms with Gasteiger partial charge in [-0.05, 0) is 18.1 Å². The normalized spacial score (nSPS) is 32.8. The van der Waals surface area contributed by atoms with Gasteiger partial charge in [-0.15, -0.1) is 0 Å². The van der Waals surface area contributed by atoms with E-state index in [-0.39, 0.29) is 17.4 Å². The highest BCUT2D eigenvalue weighted by atomic mass is 28.4. The Labute approximate surface area is 174 Å². The van der Waals surface area contributed by atoms with E-state index in [0.717, 1.165) is 0 Å². The molecule has 1 fully saturated rings. The summed E-state index contributed by atoms with van der Waals surface area (Å²) < 4.78 is 29.1. The summed E-state index contributed by atoms with van der Waals surface area (Å²) in [6.07, 6.45) is 2.20. The van der Waals surface area contributed by atoms with Crippen LogP contribution in [0, 0.1) is 0 Å². The monoisotopic (exact) mass is 429 g/mol. The van der Waals surface area contributed by atoms with Crippen LogP contribution in [0.4, 0.5) is 0 Å². The number of carbonyl (C=O) groups excluding carboxylic acids is 2. The number of nitrogens with one attached hydrogen (secondary N) is 1. The third-order valence-electron chi connectivity index (χ3n) is 6.03. The van der Waals surface area contributed by atoms with E-state index in [9.17, 15) is 9.59 Å². The molecule has 166 valence electrons. The maximum atomic E-state index is 12.7. The van der Waals surface area contributed by atoms with Crippen LogP contribution in [0.25, 0.3) is 0 Å². The van der Waals surface area contributed by atoms with Gasteiger partial charge in [-0.3, -0.25) is 4.79 Å². The first-order chi connectivity index (χ1) is 13.4. The summed E-state index contributed by atoms with van der Waals surface area (Å²) >= 11 is 0. The number of hydrogen-bond donors (Lipinski definition) is 1. The van der Waals surface area contributed by atoms with Crippen molar-refractivity contribution in [3.8, 4) is 0 Å². The number of hydrogen-bond acceptors (Lipinski definition) is 7. The van der Waals surface area contributed by atoms with Gasteiger partial charge < -0.3 is 28.7 Å². The standard InChI is InChI=1S/C20H35NO7Si/c1-13(22)21-16-15(28-29(7,8)19(2,3)4)12-20(25-6,18(23)24-5)27-17(16)14-10-9-11-26-14/h9-10,14-17H,11-12H2,1-8H3,(H,21,22)/t14-,15+,16-,17+,20+/m1/s1. The fourth-order valence-corrected chi connectivity index (χ4v) is 4.75. The number of ether oxygens (including phenoxy) is 4. The first kappa shape index (κ1) is 24.0. The van der Waals surface area contributed by atoms with Crippen LogP contribution < -0.4 is 5.32 Å². The maximum Gasteiger partial charge on any atom is 0.366 e. The van der Waals surface area contributed by atoms with E-state index in [4.69, 9.17) is 23.4 Å². The molecule has 9 heteroatoms. The second kappa shape index (κ2) is 8.85. The van der Waals surface area contributed by atoms with Crippen LogP contribution in [0.5, 0.6) is 0 Å². The number of amides is 1. The van der Waals surface area contributed by atoms with Gasteiger partial charge in [-0.2, -0.15) is 0 Å². The quantitative estimate of drug-likeness (QED) is 0.393. The largest absolute Gasteiger partial charge is 0.465 e. The molecule has 0 radical (unpaired) electrons. The van der Waals surface area contributed by atoms with Gasteiger partial charge in [-0.25, -0.2) is 4.79 Å². The van der Waals surface area contributed by atoms with Gasteiger partial charge in [0.25, 0.3) is 5.79 Å². The predicted octanol–water partition coefficient (Wildman–Crippen LogP) is 2.14. The van der Waals surface area contributed by atoms with Crippen LogP contribution in [0.1, 0.15) is 34.1 Å². The summed E-state index contributed by atoms with van der Waals surface area (Å²) in [4.78, 5) is 24.7. The Kier molecular flexibility index (Phi) is 7.33. The lowest BCUT2D eigenvalue weighted by Crippen LogP contribution is -2.68. The Morgan fingerprint density at radius 2 is 1.90 bits per heavy atom. The van der Waals surface area contributed by atoms with Crippen LogP contribution in [0.3, 0.4) is 0 Å². The number of esters is 1. The Bertz CT molecular complexity index is 645. The van der Waals surface area contributed by atoms with Gasteiger partial charge in [0, 0.05) is 20.5 Å². The van der Waals surface area contributed by atoms with Gasteiger partial charge in [0.05, 0.1) is 25.9 Å². The van der Waals surface area contributed by atoms with Crippen molar-refractivity contribution in [3.05, 3.63) is 12.2 Å². The molecule has 0 unspecified atom stereocenters. The zero-order chi connectivity index (χ0) is 22.0. The molecule has 0 aromatic rings. The van der Waals surface area contributed by atoms with E-state index < -0.39 is 44.4 Å². The highest BCUT2D eigenvalue weighted by Crippen LogP contribution is 2.42. The molecular weight excluding hydrogens is 394 g/mol. The summed E-state index contributed by atoms with van der Waals surface area (Å²) in [5.74, 6) is -2.49. The van der Waals surface area contributed by atoms with Crippen molar-refractivity contribution in [1.82, 2.24) is 5.32 Å². The average Bonchev–Trinajstić information content (AvgIpc) is 3.15. The Balaban J connectivity index is 2.49. The second-order valence-corrected chi connectivity index (χ2v) is 13.9. The Morgan fingerprint density at radius 3 is 2.34 bits per heavy atom. The molecule has 1 saturated heterocycles. The minimum absolute atomic E-state index is 0.0632. The molecule has 8 nitrogen and oxygen atoms in total.